The lowest BCUT2D eigenvalue weighted by molar-refractivity contribution is -0.163. The van der Waals surface area contributed by atoms with E-state index < -0.39 is 6.10 Å². The Bertz CT molecular complexity index is 1170. The van der Waals surface area contributed by atoms with Crippen LogP contribution in [0.2, 0.25) is 0 Å². The van der Waals surface area contributed by atoms with E-state index in [-0.39, 0.29) is 25.2 Å². The lowest BCUT2D eigenvalue weighted by Gasteiger charge is -2.18. The van der Waals surface area contributed by atoms with Crippen molar-refractivity contribution in [1.82, 2.24) is 0 Å². The molecule has 0 amide bonds. The maximum atomic E-state index is 12.9. The third kappa shape index (κ3) is 56.2. The second-order valence-electron chi connectivity index (χ2n) is 19.9. The Labute approximate surface area is 424 Å². The highest BCUT2D eigenvalue weighted by Crippen LogP contribution is 2.15. The molecule has 0 saturated heterocycles. The van der Waals surface area contributed by atoms with Gasteiger partial charge in [-0.25, -0.2) is 0 Å². The molecule has 0 aromatic rings. The molecule has 5 heteroatoms. The highest BCUT2D eigenvalue weighted by molar-refractivity contribution is 5.70. The van der Waals surface area contributed by atoms with Crippen LogP contribution < -0.4 is 0 Å². The first-order chi connectivity index (χ1) is 33.6. The van der Waals surface area contributed by atoms with Gasteiger partial charge in [0.05, 0.1) is 6.61 Å². The third-order valence-electron chi connectivity index (χ3n) is 13.0. The van der Waals surface area contributed by atoms with E-state index in [1.54, 1.807) is 0 Å². The summed E-state index contributed by atoms with van der Waals surface area (Å²) in [5.74, 6) is -0.400. The Morgan fingerprint density at radius 2 is 0.662 bits per heavy atom. The highest BCUT2D eigenvalue weighted by atomic mass is 16.6. The minimum Gasteiger partial charge on any atom is -0.462 e. The standard InChI is InChI=1S/C63H114O5/c1-4-7-10-13-16-19-22-25-28-31-32-34-35-38-41-44-47-50-53-56-62(64)67-60-61(59-66-58-55-52-49-46-43-40-37-30-27-24-21-18-15-12-9-6-3)68-63(65)57-54-51-48-45-42-39-36-33-29-26-23-20-17-14-11-8-5-2/h9,12,18,21,25-30,61H,4-8,10-11,13-17,19-20,22-24,31-60H2,1-3H3/b12-9-,21-18-,28-25-,29-26-,30-27-. The summed E-state index contributed by atoms with van der Waals surface area (Å²) in [4.78, 5) is 25.6. The SMILES string of the molecule is CC/C=C\C/C=C\C/C=C\CCCCCCCCOCC(COC(=O)CCCCCCCCCCC/C=C\CCCCCCCC)OC(=O)CCCCCCCCC/C=C\CCCCCCCC. The molecule has 1 unspecified atom stereocenters. The molecule has 5 nitrogen and oxygen atoms in total. The average Bonchev–Trinajstić information content (AvgIpc) is 3.34. The monoisotopic (exact) mass is 951 g/mol. The van der Waals surface area contributed by atoms with E-state index in [1.807, 2.05) is 0 Å². The van der Waals surface area contributed by atoms with Gasteiger partial charge in [0.15, 0.2) is 6.10 Å². The zero-order valence-electron chi connectivity index (χ0n) is 45.6. The number of hydrogen-bond donors (Lipinski definition) is 0. The lowest BCUT2D eigenvalue weighted by atomic mass is 10.1. The Kier molecular flexibility index (Phi) is 56.8. The van der Waals surface area contributed by atoms with Crippen molar-refractivity contribution in [2.45, 2.75) is 309 Å². The van der Waals surface area contributed by atoms with Crippen molar-refractivity contribution in [2.24, 2.45) is 0 Å². The normalized spacial score (nSPS) is 12.6. The largest absolute Gasteiger partial charge is 0.462 e. The zero-order valence-corrected chi connectivity index (χ0v) is 45.6. The van der Waals surface area contributed by atoms with E-state index >= 15 is 0 Å². The van der Waals surface area contributed by atoms with Crippen LogP contribution in [0.3, 0.4) is 0 Å². The first kappa shape index (κ1) is 65.6. The number of allylic oxidation sites excluding steroid dienone is 10. The van der Waals surface area contributed by atoms with Gasteiger partial charge in [-0.15, -0.1) is 0 Å². The predicted molar refractivity (Wildman–Crippen MR) is 298 cm³/mol. The summed E-state index contributed by atoms with van der Waals surface area (Å²) in [5.41, 5.74) is 0. The molecule has 0 aromatic carbocycles. The first-order valence-electron chi connectivity index (χ1n) is 29.8. The summed E-state index contributed by atoms with van der Waals surface area (Å²) in [6.45, 7) is 7.72. The molecule has 396 valence electrons. The molecule has 0 aromatic heterocycles. The molecule has 0 fully saturated rings. The topological polar surface area (TPSA) is 61.8 Å². The fourth-order valence-corrected chi connectivity index (χ4v) is 8.57. The van der Waals surface area contributed by atoms with E-state index in [1.165, 1.54) is 199 Å². The molecule has 0 N–H and O–H groups in total. The quantitative estimate of drug-likeness (QED) is 0.0345. The van der Waals surface area contributed by atoms with E-state index in [0.717, 1.165) is 70.6 Å². The molecule has 0 rings (SSSR count). The van der Waals surface area contributed by atoms with Gasteiger partial charge in [0.1, 0.15) is 6.61 Å². The van der Waals surface area contributed by atoms with Gasteiger partial charge in [0, 0.05) is 19.4 Å². The molecule has 0 aliphatic carbocycles. The van der Waals surface area contributed by atoms with Crippen LogP contribution >= 0.6 is 0 Å². The number of rotatable bonds is 55. The Morgan fingerprint density at radius 3 is 1.07 bits per heavy atom. The van der Waals surface area contributed by atoms with Gasteiger partial charge in [-0.05, 0) is 103 Å². The molecule has 1 atom stereocenters. The van der Waals surface area contributed by atoms with E-state index in [9.17, 15) is 9.59 Å². The maximum Gasteiger partial charge on any atom is 0.306 e. The van der Waals surface area contributed by atoms with Crippen LogP contribution in [0.1, 0.15) is 303 Å². The van der Waals surface area contributed by atoms with Gasteiger partial charge < -0.3 is 14.2 Å². The van der Waals surface area contributed by atoms with Crippen LogP contribution in [0, 0.1) is 0 Å². The molecular weight excluding hydrogens is 837 g/mol. The second kappa shape index (κ2) is 58.9. The van der Waals surface area contributed by atoms with Crippen molar-refractivity contribution in [3.05, 3.63) is 60.8 Å². The second-order valence-corrected chi connectivity index (χ2v) is 19.9. The minimum atomic E-state index is -0.547. The maximum absolute atomic E-state index is 12.9. The summed E-state index contributed by atoms with van der Waals surface area (Å²) in [6.07, 6.45) is 75.3. The number of carbonyl (C=O) groups excluding carboxylic acids is 2. The number of carbonyl (C=O) groups is 2. The van der Waals surface area contributed by atoms with Crippen molar-refractivity contribution in [1.29, 1.82) is 0 Å². The van der Waals surface area contributed by atoms with Crippen LogP contribution in [0.25, 0.3) is 0 Å². The van der Waals surface area contributed by atoms with Crippen molar-refractivity contribution in [2.75, 3.05) is 19.8 Å². The minimum absolute atomic E-state index is 0.0781. The van der Waals surface area contributed by atoms with E-state index in [2.05, 4.69) is 81.5 Å². The summed E-state index contributed by atoms with van der Waals surface area (Å²) >= 11 is 0. The summed E-state index contributed by atoms with van der Waals surface area (Å²) in [7, 11) is 0. The van der Waals surface area contributed by atoms with Gasteiger partial charge in [-0.1, -0.05) is 248 Å². The molecule has 68 heavy (non-hydrogen) atoms. The highest BCUT2D eigenvalue weighted by Gasteiger charge is 2.17. The first-order valence-corrected chi connectivity index (χ1v) is 29.8. The predicted octanol–water partition coefficient (Wildman–Crippen LogP) is 20.5. The summed E-state index contributed by atoms with van der Waals surface area (Å²) in [5, 5.41) is 0. The van der Waals surface area contributed by atoms with Crippen molar-refractivity contribution >= 4 is 11.9 Å². The fourth-order valence-electron chi connectivity index (χ4n) is 8.57. The number of ether oxygens (including phenoxy) is 3. The fraction of sp³-hybridized carbons (Fsp3) is 0.810. The Balaban J connectivity index is 4.27. The molecule has 0 spiro atoms. The number of unbranched alkanes of at least 4 members (excludes halogenated alkanes) is 34. The number of esters is 2. The van der Waals surface area contributed by atoms with Crippen LogP contribution in [0.15, 0.2) is 60.8 Å². The van der Waals surface area contributed by atoms with Crippen LogP contribution in [-0.4, -0.2) is 37.9 Å². The van der Waals surface area contributed by atoms with Gasteiger partial charge in [-0.3, -0.25) is 9.59 Å². The molecule has 0 aliphatic heterocycles. The Morgan fingerprint density at radius 1 is 0.338 bits per heavy atom. The molecule has 0 aliphatic rings. The van der Waals surface area contributed by atoms with Crippen LogP contribution in [0.5, 0.6) is 0 Å². The van der Waals surface area contributed by atoms with Crippen LogP contribution in [0.4, 0.5) is 0 Å². The van der Waals surface area contributed by atoms with Crippen molar-refractivity contribution in [3.63, 3.8) is 0 Å². The smallest absolute Gasteiger partial charge is 0.306 e. The molecule has 0 bridgehead atoms. The van der Waals surface area contributed by atoms with E-state index in [0.29, 0.717) is 19.4 Å². The van der Waals surface area contributed by atoms with Gasteiger partial charge in [0.2, 0.25) is 0 Å². The van der Waals surface area contributed by atoms with Gasteiger partial charge in [-0.2, -0.15) is 0 Å². The van der Waals surface area contributed by atoms with Gasteiger partial charge in [0.25, 0.3) is 0 Å². The van der Waals surface area contributed by atoms with Crippen molar-refractivity contribution < 1.29 is 23.8 Å². The zero-order chi connectivity index (χ0) is 49.2. The van der Waals surface area contributed by atoms with E-state index in [4.69, 9.17) is 14.2 Å². The lowest BCUT2D eigenvalue weighted by Crippen LogP contribution is -2.30. The van der Waals surface area contributed by atoms with Crippen LogP contribution in [-0.2, 0) is 23.8 Å². The van der Waals surface area contributed by atoms with Crippen molar-refractivity contribution in [3.8, 4) is 0 Å². The molecule has 0 saturated carbocycles. The molecule has 0 heterocycles. The third-order valence-corrected chi connectivity index (χ3v) is 13.0. The molecular formula is C63H114O5. The summed E-state index contributed by atoms with van der Waals surface area (Å²) in [6, 6.07) is 0. The summed E-state index contributed by atoms with van der Waals surface area (Å²) < 4.78 is 17.5. The molecule has 0 radical (unpaired) electrons. The average molecular weight is 952 g/mol. The van der Waals surface area contributed by atoms with Gasteiger partial charge >= 0.3 is 11.9 Å². The Hall–Kier alpha value is -2.40. The number of hydrogen-bond acceptors (Lipinski definition) is 5.